The van der Waals surface area contributed by atoms with Crippen molar-refractivity contribution >= 4 is 28.8 Å². The summed E-state index contributed by atoms with van der Waals surface area (Å²) in [5.41, 5.74) is 8.09. The van der Waals surface area contributed by atoms with Crippen molar-refractivity contribution in [3.8, 4) is 0 Å². The number of carboxylic acids is 1. The van der Waals surface area contributed by atoms with Gasteiger partial charge in [0.05, 0.1) is 5.56 Å². The largest absolute Gasteiger partial charge is 0.478 e. The summed E-state index contributed by atoms with van der Waals surface area (Å²) >= 11 is 0. The molecule has 126 valence electrons. The van der Waals surface area contributed by atoms with Gasteiger partial charge in [0.15, 0.2) is 5.78 Å². The maximum absolute atomic E-state index is 12.9. The van der Waals surface area contributed by atoms with Crippen LogP contribution in [-0.2, 0) is 0 Å². The molecular formula is C18H21N3O3. The molecule has 0 aliphatic heterocycles. The standard InChI is InChI=1S/C18H21N3O3/c1-20(2)12-6-8-14(16(10-12)21(3)4)17(22)13-7-5-11(19)9-15(13)18(23)24/h5-10H,19H2,1-4H3,(H,23,24). The van der Waals surface area contributed by atoms with Crippen molar-refractivity contribution < 1.29 is 14.7 Å². The van der Waals surface area contributed by atoms with Gasteiger partial charge >= 0.3 is 5.97 Å². The Hall–Kier alpha value is -3.02. The summed E-state index contributed by atoms with van der Waals surface area (Å²) in [6.07, 6.45) is 0. The molecule has 0 saturated carbocycles. The summed E-state index contributed by atoms with van der Waals surface area (Å²) in [7, 11) is 7.51. The van der Waals surface area contributed by atoms with Crippen molar-refractivity contribution in [1.82, 2.24) is 0 Å². The zero-order valence-corrected chi connectivity index (χ0v) is 14.2. The number of nitrogens with two attached hydrogens (primary N) is 1. The second kappa shape index (κ2) is 6.62. The SMILES string of the molecule is CN(C)c1ccc(C(=O)c2ccc(N)cc2C(=O)O)c(N(C)C)c1. The maximum atomic E-state index is 12.9. The number of carbonyl (C=O) groups is 2. The van der Waals surface area contributed by atoms with Gasteiger partial charge in [0, 0.05) is 56.4 Å². The Kier molecular flexibility index (Phi) is 4.78. The molecule has 24 heavy (non-hydrogen) atoms. The van der Waals surface area contributed by atoms with E-state index < -0.39 is 5.97 Å². The average molecular weight is 327 g/mol. The van der Waals surface area contributed by atoms with Crippen LogP contribution in [0, 0.1) is 0 Å². The second-order valence-corrected chi connectivity index (χ2v) is 5.93. The Morgan fingerprint density at radius 3 is 2.04 bits per heavy atom. The minimum atomic E-state index is -1.18. The van der Waals surface area contributed by atoms with Gasteiger partial charge in [-0.3, -0.25) is 4.79 Å². The highest BCUT2D eigenvalue weighted by Crippen LogP contribution is 2.28. The van der Waals surface area contributed by atoms with Crippen LogP contribution in [0.4, 0.5) is 17.1 Å². The smallest absolute Gasteiger partial charge is 0.336 e. The van der Waals surface area contributed by atoms with Crippen LogP contribution in [0.1, 0.15) is 26.3 Å². The number of nitrogen functional groups attached to an aromatic ring is 1. The molecule has 0 unspecified atom stereocenters. The van der Waals surface area contributed by atoms with Gasteiger partial charge in [-0.1, -0.05) is 0 Å². The average Bonchev–Trinajstić information content (AvgIpc) is 2.53. The van der Waals surface area contributed by atoms with E-state index in [9.17, 15) is 14.7 Å². The molecule has 2 aromatic rings. The van der Waals surface area contributed by atoms with E-state index in [0.29, 0.717) is 11.3 Å². The van der Waals surface area contributed by atoms with Gasteiger partial charge < -0.3 is 20.6 Å². The highest BCUT2D eigenvalue weighted by molar-refractivity contribution is 6.17. The van der Waals surface area contributed by atoms with E-state index in [0.717, 1.165) is 11.4 Å². The molecule has 2 rings (SSSR count). The molecule has 0 saturated heterocycles. The first-order valence-electron chi connectivity index (χ1n) is 7.38. The predicted octanol–water partition coefficient (Wildman–Crippen LogP) is 2.33. The first kappa shape index (κ1) is 17.3. The normalized spacial score (nSPS) is 10.3. The number of benzene rings is 2. The molecule has 0 aromatic heterocycles. The van der Waals surface area contributed by atoms with Crippen LogP contribution in [0.15, 0.2) is 36.4 Å². The summed E-state index contributed by atoms with van der Waals surface area (Å²) in [5.74, 6) is -1.52. The molecule has 6 nitrogen and oxygen atoms in total. The van der Waals surface area contributed by atoms with Crippen molar-refractivity contribution in [3.63, 3.8) is 0 Å². The van der Waals surface area contributed by atoms with E-state index in [1.807, 2.05) is 50.1 Å². The molecule has 6 heteroatoms. The fraction of sp³-hybridized carbons (Fsp3) is 0.222. The monoisotopic (exact) mass is 327 g/mol. The molecule has 0 aliphatic carbocycles. The molecule has 0 atom stereocenters. The number of carbonyl (C=O) groups excluding carboxylic acids is 1. The highest BCUT2D eigenvalue weighted by atomic mass is 16.4. The fourth-order valence-electron chi connectivity index (χ4n) is 2.44. The summed E-state index contributed by atoms with van der Waals surface area (Å²) < 4.78 is 0. The lowest BCUT2D eigenvalue weighted by Crippen LogP contribution is -2.18. The Morgan fingerprint density at radius 2 is 1.50 bits per heavy atom. The third-order valence-electron chi connectivity index (χ3n) is 3.74. The maximum Gasteiger partial charge on any atom is 0.336 e. The minimum Gasteiger partial charge on any atom is -0.478 e. The van der Waals surface area contributed by atoms with E-state index in [4.69, 9.17) is 5.73 Å². The van der Waals surface area contributed by atoms with E-state index >= 15 is 0 Å². The lowest BCUT2D eigenvalue weighted by Gasteiger charge is -2.21. The van der Waals surface area contributed by atoms with Crippen molar-refractivity contribution in [2.24, 2.45) is 0 Å². The molecule has 3 N–H and O–H groups in total. The van der Waals surface area contributed by atoms with E-state index in [2.05, 4.69) is 0 Å². The number of hydrogen-bond donors (Lipinski definition) is 2. The zero-order chi connectivity index (χ0) is 18.0. The molecule has 0 bridgehead atoms. The minimum absolute atomic E-state index is 0.0959. The number of hydrogen-bond acceptors (Lipinski definition) is 5. The third-order valence-corrected chi connectivity index (χ3v) is 3.74. The molecule has 0 radical (unpaired) electrons. The van der Waals surface area contributed by atoms with Crippen LogP contribution in [0.3, 0.4) is 0 Å². The predicted molar refractivity (Wildman–Crippen MR) is 96.3 cm³/mol. The molecule has 0 spiro atoms. The summed E-state index contributed by atoms with van der Waals surface area (Å²) in [6.45, 7) is 0. The number of carboxylic acid groups (broad SMARTS) is 1. The number of aromatic carboxylic acids is 1. The quantitative estimate of drug-likeness (QED) is 0.647. The first-order chi connectivity index (χ1) is 11.2. The van der Waals surface area contributed by atoms with Gasteiger partial charge in [0.1, 0.15) is 0 Å². The van der Waals surface area contributed by atoms with Gasteiger partial charge in [0.25, 0.3) is 0 Å². The Morgan fingerprint density at radius 1 is 0.875 bits per heavy atom. The number of anilines is 3. The van der Waals surface area contributed by atoms with Crippen LogP contribution in [0.2, 0.25) is 0 Å². The van der Waals surface area contributed by atoms with Gasteiger partial charge in [-0.2, -0.15) is 0 Å². The third kappa shape index (κ3) is 3.32. The highest BCUT2D eigenvalue weighted by Gasteiger charge is 2.21. The van der Waals surface area contributed by atoms with Crippen molar-refractivity contribution in [2.45, 2.75) is 0 Å². The summed E-state index contributed by atoms with van der Waals surface area (Å²) in [4.78, 5) is 28.2. The van der Waals surface area contributed by atoms with Crippen molar-refractivity contribution in [1.29, 1.82) is 0 Å². The first-order valence-corrected chi connectivity index (χ1v) is 7.38. The van der Waals surface area contributed by atoms with Crippen LogP contribution >= 0.6 is 0 Å². The van der Waals surface area contributed by atoms with E-state index in [1.54, 1.807) is 6.07 Å². The van der Waals surface area contributed by atoms with Gasteiger partial charge in [-0.25, -0.2) is 4.79 Å². The van der Waals surface area contributed by atoms with E-state index in [-0.39, 0.29) is 16.9 Å². The van der Waals surface area contributed by atoms with Gasteiger partial charge in [-0.05, 0) is 36.4 Å². The molecule has 2 aromatic carbocycles. The summed E-state index contributed by atoms with van der Waals surface area (Å²) in [5, 5.41) is 9.36. The Bertz CT molecular complexity index is 798. The van der Waals surface area contributed by atoms with Gasteiger partial charge in [-0.15, -0.1) is 0 Å². The van der Waals surface area contributed by atoms with Crippen molar-refractivity contribution in [2.75, 3.05) is 43.7 Å². The molecule has 0 amide bonds. The van der Waals surface area contributed by atoms with Gasteiger partial charge in [0.2, 0.25) is 0 Å². The number of rotatable bonds is 5. The topological polar surface area (TPSA) is 86.9 Å². The van der Waals surface area contributed by atoms with Crippen molar-refractivity contribution in [3.05, 3.63) is 53.1 Å². The van der Waals surface area contributed by atoms with Crippen LogP contribution in [-0.4, -0.2) is 45.0 Å². The second-order valence-electron chi connectivity index (χ2n) is 5.93. The van der Waals surface area contributed by atoms with Crippen LogP contribution in [0.25, 0.3) is 0 Å². The zero-order valence-electron chi connectivity index (χ0n) is 14.2. The number of nitrogens with zero attached hydrogens (tertiary/aromatic N) is 2. The van der Waals surface area contributed by atoms with Crippen LogP contribution in [0.5, 0.6) is 0 Å². The lowest BCUT2D eigenvalue weighted by molar-refractivity contribution is 0.0693. The molecule has 0 heterocycles. The molecule has 0 aliphatic rings. The lowest BCUT2D eigenvalue weighted by atomic mass is 9.96. The summed E-state index contributed by atoms with van der Waals surface area (Å²) in [6, 6.07) is 9.74. The van der Waals surface area contributed by atoms with Crippen LogP contribution < -0.4 is 15.5 Å². The molecule has 0 fully saturated rings. The molecular weight excluding hydrogens is 306 g/mol. The Balaban J connectivity index is 2.60. The number of ketones is 1. The fourth-order valence-corrected chi connectivity index (χ4v) is 2.44. The Labute approximate surface area is 141 Å². The van der Waals surface area contributed by atoms with E-state index in [1.165, 1.54) is 18.2 Å².